The molecule has 1 heterocycles. The van der Waals surface area contributed by atoms with Crippen LogP contribution in [0.2, 0.25) is 0 Å². The van der Waals surface area contributed by atoms with Crippen molar-refractivity contribution in [3.05, 3.63) is 0 Å². The van der Waals surface area contributed by atoms with E-state index in [4.69, 9.17) is 5.84 Å². The Morgan fingerprint density at radius 2 is 2.62 bits per heavy atom. The molecule has 1 aliphatic rings. The summed E-state index contributed by atoms with van der Waals surface area (Å²) in [6.07, 6.45) is 3.51. The number of amides is 1. The van der Waals surface area contributed by atoms with Crippen molar-refractivity contribution in [2.24, 2.45) is 10.8 Å². The molecule has 0 spiro atoms. The second kappa shape index (κ2) is 4.81. The highest BCUT2D eigenvalue weighted by atomic mass is 16.2. The highest BCUT2D eigenvalue weighted by Gasteiger charge is 2.23. The Hall–Kier alpha value is -1.10. The minimum atomic E-state index is -0.152. The Balaban J connectivity index is 2.55. The van der Waals surface area contributed by atoms with Crippen LogP contribution in [-0.4, -0.2) is 36.3 Å². The Labute approximate surface area is 78.0 Å². The zero-order chi connectivity index (χ0) is 9.68. The second-order valence-corrected chi connectivity index (χ2v) is 3.07. The molecule has 0 radical (unpaired) electrons. The molecule has 1 atom stereocenters. The molecule has 0 saturated heterocycles. The summed E-state index contributed by atoms with van der Waals surface area (Å²) in [7, 11) is 0. The molecule has 3 N–H and O–H groups in total. The highest BCUT2D eigenvalue weighted by Crippen LogP contribution is 2.08. The van der Waals surface area contributed by atoms with Crippen molar-refractivity contribution < 1.29 is 4.79 Å². The number of hydrogen-bond acceptors (Lipinski definition) is 4. The fourth-order valence-corrected chi connectivity index (χ4v) is 1.45. The van der Waals surface area contributed by atoms with Gasteiger partial charge in [-0.25, -0.2) is 5.84 Å². The van der Waals surface area contributed by atoms with Crippen molar-refractivity contribution in [3.8, 4) is 0 Å². The lowest BCUT2D eigenvalue weighted by atomic mass is 10.1. The van der Waals surface area contributed by atoms with Gasteiger partial charge in [-0.05, 0) is 6.42 Å². The van der Waals surface area contributed by atoms with Gasteiger partial charge in [0.1, 0.15) is 6.04 Å². The van der Waals surface area contributed by atoms with Crippen LogP contribution in [0.25, 0.3) is 0 Å². The van der Waals surface area contributed by atoms with Crippen molar-refractivity contribution in [1.82, 2.24) is 10.3 Å². The molecule has 1 aliphatic heterocycles. The van der Waals surface area contributed by atoms with Crippen molar-refractivity contribution in [3.63, 3.8) is 0 Å². The Kier molecular flexibility index (Phi) is 3.70. The summed E-state index contributed by atoms with van der Waals surface area (Å²) < 4.78 is 0. The Bertz CT molecular complexity index is 204. The predicted molar refractivity (Wildman–Crippen MR) is 51.1 cm³/mol. The van der Waals surface area contributed by atoms with Crippen LogP contribution in [0, 0.1) is 0 Å². The van der Waals surface area contributed by atoms with Crippen molar-refractivity contribution in [2.75, 3.05) is 13.1 Å². The maximum absolute atomic E-state index is 11.3. The molecule has 0 aromatic carbocycles. The van der Waals surface area contributed by atoms with Gasteiger partial charge in [0, 0.05) is 6.54 Å². The third-order valence-corrected chi connectivity index (χ3v) is 2.12. The number of hydrogen-bond donors (Lipinski definition) is 2. The standard InChI is InChI=1S/C8H16N4O/c1-2-3-7(8(13)11-9)12-5-4-10-6-12/h6-7H,2-5,9H2,1H3,(H,11,13). The first kappa shape index (κ1) is 9.98. The van der Waals surface area contributed by atoms with E-state index in [0.29, 0.717) is 0 Å². The van der Waals surface area contributed by atoms with Crippen molar-refractivity contribution in [1.29, 1.82) is 0 Å². The van der Waals surface area contributed by atoms with E-state index in [1.165, 1.54) is 0 Å². The maximum atomic E-state index is 11.3. The largest absolute Gasteiger partial charge is 0.349 e. The van der Waals surface area contributed by atoms with Crippen molar-refractivity contribution >= 4 is 12.2 Å². The molecule has 0 aromatic rings. The number of aliphatic imine (C=N–C) groups is 1. The molecular formula is C8H16N4O. The van der Waals surface area contributed by atoms with Gasteiger partial charge in [-0.1, -0.05) is 13.3 Å². The number of nitrogens with two attached hydrogens (primary N) is 1. The Morgan fingerprint density at radius 1 is 1.85 bits per heavy atom. The van der Waals surface area contributed by atoms with Crippen LogP contribution in [0.4, 0.5) is 0 Å². The van der Waals surface area contributed by atoms with E-state index in [9.17, 15) is 4.79 Å². The minimum Gasteiger partial charge on any atom is -0.349 e. The summed E-state index contributed by atoms with van der Waals surface area (Å²) in [4.78, 5) is 17.4. The van der Waals surface area contributed by atoms with Crippen LogP contribution in [0.15, 0.2) is 4.99 Å². The fourth-order valence-electron chi connectivity index (χ4n) is 1.45. The van der Waals surface area contributed by atoms with Gasteiger partial charge < -0.3 is 4.90 Å². The van der Waals surface area contributed by atoms with E-state index < -0.39 is 0 Å². The summed E-state index contributed by atoms with van der Waals surface area (Å²) in [5.41, 5.74) is 2.18. The third kappa shape index (κ3) is 2.42. The smallest absolute Gasteiger partial charge is 0.256 e. The van der Waals surface area contributed by atoms with E-state index in [0.717, 1.165) is 25.9 Å². The monoisotopic (exact) mass is 184 g/mol. The fraction of sp³-hybridized carbons (Fsp3) is 0.750. The zero-order valence-electron chi connectivity index (χ0n) is 7.86. The number of hydrazine groups is 1. The number of nitrogens with zero attached hydrogens (tertiary/aromatic N) is 2. The zero-order valence-corrected chi connectivity index (χ0v) is 7.86. The second-order valence-electron chi connectivity index (χ2n) is 3.07. The molecule has 5 heteroatoms. The van der Waals surface area contributed by atoms with Gasteiger partial charge in [-0.2, -0.15) is 0 Å². The van der Waals surface area contributed by atoms with E-state index in [1.807, 2.05) is 11.8 Å². The van der Waals surface area contributed by atoms with Gasteiger partial charge in [0.25, 0.3) is 5.91 Å². The molecule has 0 fully saturated rings. The lowest BCUT2D eigenvalue weighted by molar-refractivity contribution is -0.125. The molecule has 5 nitrogen and oxygen atoms in total. The number of carbonyl (C=O) groups excluding carboxylic acids is 1. The van der Waals surface area contributed by atoms with Gasteiger partial charge in [-0.15, -0.1) is 0 Å². The van der Waals surface area contributed by atoms with Gasteiger partial charge in [0.2, 0.25) is 0 Å². The first-order valence-electron chi connectivity index (χ1n) is 4.55. The van der Waals surface area contributed by atoms with Crippen LogP contribution >= 0.6 is 0 Å². The molecule has 1 amide bonds. The lowest BCUT2D eigenvalue weighted by Gasteiger charge is -2.24. The highest BCUT2D eigenvalue weighted by molar-refractivity contribution is 5.83. The predicted octanol–water partition coefficient (Wildman–Crippen LogP) is -0.511. The van der Waals surface area contributed by atoms with E-state index in [1.54, 1.807) is 6.34 Å². The number of rotatable bonds is 4. The van der Waals surface area contributed by atoms with Crippen LogP contribution in [0.3, 0.4) is 0 Å². The van der Waals surface area contributed by atoms with E-state index >= 15 is 0 Å². The molecule has 13 heavy (non-hydrogen) atoms. The molecule has 1 rings (SSSR count). The normalized spacial score (nSPS) is 17.5. The molecule has 0 saturated carbocycles. The molecule has 0 aliphatic carbocycles. The summed E-state index contributed by atoms with van der Waals surface area (Å²) >= 11 is 0. The molecule has 0 aromatic heterocycles. The lowest BCUT2D eigenvalue weighted by Crippen LogP contribution is -2.48. The number of carbonyl (C=O) groups is 1. The number of nitrogens with one attached hydrogen (secondary N) is 1. The first-order valence-corrected chi connectivity index (χ1v) is 4.55. The van der Waals surface area contributed by atoms with Crippen LogP contribution in [0.1, 0.15) is 19.8 Å². The van der Waals surface area contributed by atoms with Gasteiger partial charge >= 0.3 is 0 Å². The molecule has 1 unspecified atom stereocenters. The van der Waals surface area contributed by atoms with E-state index in [-0.39, 0.29) is 11.9 Å². The van der Waals surface area contributed by atoms with Gasteiger partial charge in [-0.3, -0.25) is 15.2 Å². The summed E-state index contributed by atoms with van der Waals surface area (Å²) in [6.45, 7) is 3.64. The SMILES string of the molecule is CCCC(C(=O)NN)N1C=NCC1. The van der Waals surface area contributed by atoms with Crippen LogP contribution < -0.4 is 11.3 Å². The summed E-state index contributed by atoms with van der Waals surface area (Å²) in [6, 6.07) is -0.152. The quantitative estimate of drug-likeness (QED) is 0.351. The van der Waals surface area contributed by atoms with E-state index in [2.05, 4.69) is 10.4 Å². The topological polar surface area (TPSA) is 70.7 Å². The summed E-state index contributed by atoms with van der Waals surface area (Å²) in [5, 5.41) is 0. The Morgan fingerprint density at radius 3 is 3.08 bits per heavy atom. The van der Waals surface area contributed by atoms with Crippen LogP contribution in [0.5, 0.6) is 0 Å². The third-order valence-electron chi connectivity index (χ3n) is 2.12. The van der Waals surface area contributed by atoms with Crippen molar-refractivity contribution in [2.45, 2.75) is 25.8 Å². The minimum absolute atomic E-state index is 0.129. The average molecular weight is 184 g/mol. The van der Waals surface area contributed by atoms with Gasteiger partial charge in [0.05, 0.1) is 12.9 Å². The van der Waals surface area contributed by atoms with Crippen LogP contribution in [-0.2, 0) is 4.79 Å². The van der Waals surface area contributed by atoms with Gasteiger partial charge in [0.15, 0.2) is 0 Å². The molecule has 0 bridgehead atoms. The molecular weight excluding hydrogens is 168 g/mol. The first-order chi connectivity index (χ1) is 6.29. The average Bonchev–Trinajstić information content (AvgIpc) is 2.65. The summed E-state index contributed by atoms with van der Waals surface area (Å²) in [5.74, 6) is 4.97. The molecule has 74 valence electrons. The maximum Gasteiger partial charge on any atom is 0.256 e.